The predicted octanol–water partition coefficient (Wildman–Crippen LogP) is 4.53. The minimum atomic E-state index is -0.143. The molecular formula is C17H20BrNO. The lowest BCUT2D eigenvalue weighted by atomic mass is 10.0. The van der Waals surface area contributed by atoms with Gasteiger partial charge in [-0.25, -0.2) is 0 Å². The molecule has 0 fully saturated rings. The van der Waals surface area contributed by atoms with Crippen LogP contribution in [0.4, 0.5) is 0 Å². The van der Waals surface area contributed by atoms with Crippen molar-refractivity contribution in [2.45, 2.75) is 32.9 Å². The largest absolute Gasteiger partial charge is 0.484 e. The van der Waals surface area contributed by atoms with E-state index in [9.17, 15) is 0 Å². The Bertz CT molecular complexity index is 578. The van der Waals surface area contributed by atoms with Gasteiger partial charge in [0, 0.05) is 10.5 Å². The molecule has 0 aliphatic carbocycles. The normalized spacial score (nSPS) is 13.8. The summed E-state index contributed by atoms with van der Waals surface area (Å²) in [6, 6.07) is 14.3. The van der Waals surface area contributed by atoms with Crippen molar-refractivity contribution in [2.24, 2.45) is 5.73 Å². The van der Waals surface area contributed by atoms with Crippen molar-refractivity contribution in [3.63, 3.8) is 0 Å². The molecule has 0 aliphatic heterocycles. The van der Waals surface area contributed by atoms with Gasteiger partial charge < -0.3 is 10.5 Å². The molecule has 0 bridgehead atoms. The number of rotatable bonds is 4. The fraction of sp³-hybridized carbons (Fsp3) is 0.294. The summed E-state index contributed by atoms with van der Waals surface area (Å²) in [6.07, 6.45) is -0.143. The number of aryl methyl sites for hydroxylation is 2. The van der Waals surface area contributed by atoms with Gasteiger partial charge in [-0.15, -0.1) is 0 Å². The number of hydrogen-bond acceptors (Lipinski definition) is 2. The fourth-order valence-corrected chi connectivity index (χ4v) is 2.59. The number of nitrogens with two attached hydrogens (primary N) is 1. The van der Waals surface area contributed by atoms with E-state index in [-0.39, 0.29) is 12.1 Å². The molecule has 0 amide bonds. The van der Waals surface area contributed by atoms with E-state index < -0.39 is 0 Å². The molecule has 2 unspecified atom stereocenters. The van der Waals surface area contributed by atoms with Crippen LogP contribution in [0.25, 0.3) is 0 Å². The van der Waals surface area contributed by atoms with E-state index in [4.69, 9.17) is 10.5 Å². The third-order valence-corrected chi connectivity index (χ3v) is 3.77. The molecule has 106 valence electrons. The monoisotopic (exact) mass is 333 g/mol. The van der Waals surface area contributed by atoms with Crippen LogP contribution in [0.5, 0.6) is 5.75 Å². The van der Waals surface area contributed by atoms with Gasteiger partial charge in [0.25, 0.3) is 0 Å². The molecule has 2 atom stereocenters. The number of halogens is 1. The second-order valence-corrected chi connectivity index (χ2v) is 6.13. The molecule has 2 rings (SSSR count). The Morgan fingerprint density at radius 3 is 2.25 bits per heavy atom. The van der Waals surface area contributed by atoms with Crippen molar-refractivity contribution in [1.29, 1.82) is 0 Å². The standard InChI is InChI=1S/C17H20BrNO/c1-11-4-6-14(7-5-11)17(13(3)19)20-16-9-8-15(18)10-12(16)2/h4-10,13,17H,19H2,1-3H3. The average Bonchev–Trinajstić information content (AvgIpc) is 2.39. The van der Waals surface area contributed by atoms with Crippen LogP contribution in [0.15, 0.2) is 46.9 Å². The van der Waals surface area contributed by atoms with Gasteiger partial charge >= 0.3 is 0 Å². The zero-order chi connectivity index (χ0) is 14.7. The van der Waals surface area contributed by atoms with E-state index >= 15 is 0 Å². The Labute approximate surface area is 129 Å². The summed E-state index contributed by atoms with van der Waals surface area (Å²) in [4.78, 5) is 0. The van der Waals surface area contributed by atoms with Crippen LogP contribution in [-0.4, -0.2) is 6.04 Å². The number of ether oxygens (including phenoxy) is 1. The van der Waals surface area contributed by atoms with Crippen LogP contribution in [0.3, 0.4) is 0 Å². The highest BCUT2D eigenvalue weighted by Crippen LogP contribution is 2.29. The molecule has 2 nitrogen and oxygen atoms in total. The molecular weight excluding hydrogens is 314 g/mol. The van der Waals surface area contributed by atoms with Gasteiger partial charge in [0.05, 0.1) is 0 Å². The van der Waals surface area contributed by atoms with E-state index in [0.717, 1.165) is 21.3 Å². The van der Waals surface area contributed by atoms with E-state index in [1.54, 1.807) is 0 Å². The van der Waals surface area contributed by atoms with Crippen LogP contribution >= 0.6 is 15.9 Å². The second-order valence-electron chi connectivity index (χ2n) is 5.22. The quantitative estimate of drug-likeness (QED) is 0.891. The maximum Gasteiger partial charge on any atom is 0.138 e. The lowest BCUT2D eigenvalue weighted by molar-refractivity contribution is 0.179. The minimum absolute atomic E-state index is 0.0826. The maximum absolute atomic E-state index is 6.14. The van der Waals surface area contributed by atoms with E-state index in [1.807, 2.05) is 32.0 Å². The van der Waals surface area contributed by atoms with Crippen molar-refractivity contribution in [2.75, 3.05) is 0 Å². The molecule has 2 aromatic carbocycles. The molecule has 0 spiro atoms. The van der Waals surface area contributed by atoms with Gasteiger partial charge in [-0.1, -0.05) is 45.8 Å². The van der Waals surface area contributed by atoms with Gasteiger partial charge in [0.1, 0.15) is 11.9 Å². The molecule has 0 aromatic heterocycles. The smallest absolute Gasteiger partial charge is 0.138 e. The van der Waals surface area contributed by atoms with Gasteiger partial charge in [-0.05, 0) is 50.1 Å². The highest BCUT2D eigenvalue weighted by molar-refractivity contribution is 9.10. The fourth-order valence-electron chi connectivity index (χ4n) is 2.12. The molecule has 0 saturated heterocycles. The highest BCUT2D eigenvalue weighted by Gasteiger charge is 2.19. The Morgan fingerprint density at radius 1 is 1.05 bits per heavy atom. The zero-order valence-corrected chi connectivity index (χ0v) is 13.6. The van der Waals surface area contributed by atoms with Gasteiger partial charge in [0.2, 0.25) is 0 Å². The Hall–Kier alpha value is -1.32. The molecule has 20 heavy (non-hydrogen) atoms. The van der Waals surface area contributed by atoms with Gasteiger partial charge in [-0.2, -0.15) is 0 Å². The van der Waals surface area contributed by atoms with E-state index in [2.05, 4.69) is 47.1 Å². The first-order valence-corrected chi connectivity index (χ1v) is 7.51. The lowest BCUT2D eigenvalue weighted by Crippen LogP contribution is -2.29. The summed E-state index contributed by atoms with van der Waals surface area (Å²) < 4.78 is 7.19. The van der Waals surface area contributed by atoms with Crippen LogP contribution < -0.4 is 10.5 Å². The average molecular weight is 334 g/mol. The van der Waals surface area contributed by atoms with Crippen molar-refractivity contribution < 1.29 is 4.74 Å². The van der Waals surface area contributed by atoms with Crippen molar-refractivity contribution in [3.8, 4) is 5.75 Å². The highest BCUT2D eigenvalue weighted by atomic mass is 79.9. The van der Waals surface area contributed by atoms with Crippen LogP contribution in [-0.2, 0) is 0 Å². The predicted molar refractivity (Wildman–Crippen MR) is 87.1 cm³/mol. The van der Waals surface area contributed by atoms with Crippen LogP contribution in [0.2, 0.25) is 0 Å². The number of hydrogen-bond donors (Lipinski definition) is 1. The molecule has 2 aromatic rings. The molecule has 0 aliphatic rings. The summed E-state index contributed by atoms with van der Waals surface area (Å²) in [5.74, 6) is 0.871. The first-order valence-electron chi connectivity index (χ1n) is 6.72. The van der Waals surface area contributed by atoms with E-state index in [1.165, 1.54) is 5.56 Å². The van der Waals surface area contributed by atoms with Crippen LogP contribution in [0.1, 0.15) is 29.7 Å². The summed E-state index contributed by atoms with van der Waals surface area (Å²) in [7, 11) is 0. The minimum Gasteiger partial charge on any atom is -0.484 e. The third kappa shape index (κ3) is 3.62. The molecule has 0 heterocycles. The van der Waals surface area contributed by atoms with Crippen molar-refractivity contribution in [3.05, 3.63) is 63.6 Å². The van der Waals surface area contributed by atoms with Crippen LogP contribution in [0, 0.1) is 13.8 Å². The Morgan fingerprint density at radius 2 is 1.70 bits per heavy atom. The molecule has 0 saturated carbocycles. The topological polar surface area (TPSA) is 35.2 Å². The van der Waals surface area contributed by atoms with Crippen molar-refractivity contribution in [1.82, 2.24) is 0 Å². The summed E-state index contributed by atoms with van der Waals surface area (Å²) in [5.41, 5.74) is 9.53. The van der Waals surface area contributed by atoms with Gasteiger partial charge in [-0.3, -0.25) is 0 Å². The zero-order valence-electron chi connectivity index (χ0n) is 12.1. The Kier molecular flexibility index (Phi) is 4.84. The summed E-state index contributed by atoms with van der Waals surface area (Å²) in [5, 5.41) is 0. The summed E-state index contributed by atoms with van der Waals surface area (Å²) in [6.45, 7) is 6.08. The second kappa shape index (κ2) is 6.42. The van der Waals surface area contributed by atoms with Gasteiger partial charge in [0.15, 0.2) is 0 Å². The molecule has 3 heteroatoms. The summed E-state index contributed by atoms with van der Waals surface area (Å²) >= 11 is 3.46. The lowest BCUT2D eigenvalue weighted by Gasteiger charge is -2.24. The maximum atomic E-state index is 6.14. The molecule has 0 radical (unpaired) electrons. The molecule has 2 N–H and O–H groups in total. The third-order valence-electron chi connectivity index (χ3n) is 3.27. The van der Waals surface area contributed by atoms with Crippen molar-refractivity contribution >= 4 is 15.9 Å². The van der Waals surface area contributed by atoms with E-state index in [0.29, 0.717) is 0 Å². The Balaban J connectivity index is 2.28. The SMILES string of the molecule is Cc1ccc(C(Oc2ccc(Br)cc2C)C(C)N)cc1. The number of benzene rings is 2. The first kappa shape index (κ1) is 15.1. The first-order chi connectivity index (χ1) is 9.47.